The van der Waals surface area contributed by atoms with Crippen LogP contribution in [0.1, 0.15) is 15.9 Å². The minimum atomic E-state index is -0.253. The molecule has 8 nitrogen and oxygen atoms in total. The largest absolute Gasteiger partial charge is 0.486 e. The van der Waals surface area contributed by atoms with Gasteiger partial charge in [-0.3, -0.25) is 14.5 Å². The normalized spacial score (nSPS) is 12.5. The van der Waals surface area contributed by atoms with Gasteiger partial charge in [-0.2, -0.15) is 5.10 Å². The molecule has 6 rings (SSSR count). The van der Waals surface area contributed by atoms with Crippen LogP contribution < -0.4 is 14.8 Å². The van der Waals surface area contributed by atoms with Gasteiger partial charge in [-0.15, -0.1) is 0 Å². The van der Waals surface area contributed by atoms with Crippen molar-refractivity contribution in [2.24, 2.45) is 0 Å². The van der Waals surface area contributed by atoms with Crippen LogP contribution in [0.2, 0.25) is 0 Å². The van der Waals surface area contributed by atoms with Crippen molar-refractivity contribution in [3.8, 4) is 22.8 Å². The molecule has 5 aromatic rings. The van der Waals surface area contributed by atoms with Crippen LogP contribution in [0, 0.1) is 0 Å². The third-order valence-corrected chi connectivity index (χ3v) is 5.77. The number of nitrogens with zero attached hydrogens (tertiary/aromatic N) is 4. The van der Waals surface area contributed by atoms with Crippen LogP contribution in [0.4, 0.5) is 5.82 Å². The fraction of sp³-hybridized carbons (Fsp3) is 0.111. The average Bonchev–Trinajstić information content (AvgIpc) is 3.34. The minimum Gasteiger partial charge on any atom is -0.486 e. The molecule has 4 heterocycles. The lowest BCUT2D eigenvalue weighted by Crippen LogP contribution is -2.15. The van der Waals surface area contributed by atoms with Crippen LogP contribution >= 0.6 is 0 Å². The highest BCUT2D eigenvalue weighted by Crippen LogP contribution is 2.35. The summed E-state index contributed by atoms with van der Waals surface area (Å²) in [5.74, 6) is 1.61. The Kier molecular flexibility index (Phi) is 5.31. The number of ether oxygens (including phenoxy) is 2. The SMILES string of the molecule is O=C(Nc1ccn(Cc2ccncc2)n1)c1cc(-c2ccc3c(c2)OCCO3)nc2ccccc12. The van der Waals surface area contributed by atoms with Gasteiger partial charge in [-0.1, -0.05) is 18.2 Å². The molecule has 0 saturated carbocycles. The van der Waals surface area contributed by atoms with E-state index in [1.807, 2.05) is 60.8 Å². The van der Waals surface area contributed by atoms with E-state index in [0.717, 1.165) is 22.0 Å². The summed E-state index contributed by atoms with van der Waals surface area (Å²) in [6.07, 6.45) is 5.33. The van der Waals surface area contributed by atoms with E-state index in [9.17, 15) is 4.79 Å². The molecule has 35 heavy (non-hydrogen) atoms. The molecule has 3 aromatic heterocycles. The Labute approximate surface area is 201 Å². The lowest BCUT2D eigenvalue weighted by atomic mass is 10.0. The van der Waals surface area contributed by atoms with Crippen molar-refractivity contribution < 1.29 is 14.3 Å². The van der Waals surface area contributed by atoms with Gasteiger partial charge >= 0.3 is 0 Å². The smallest absolute Gasteiger partial charge is 0.257 e. The molecular formula is C27H21N5O3. The van der Waals surface area contributed by atoms with Gasteiger partial charge in [-0.05, 0) is 48.0 Å². The van der Waals surface area contributed by atoms with Crippen LogP contribution in [0.5, 0.6) is 11.5 Å². The summed E-state index contributed by atoms with van der Waals surface area (Å²) in [5, 5.41) is 8.19. The number of rotatable bonds is 5. The topological polar surface area (TPSA) is 91.2 Å². The molecule has 1 aliphatic heterocycles. The number of pyridine rings is 2. The van der Waals surface area contributed by atoms with E-state index in [4.69, 9.17) is 14.5 Å². The third-order valence-electron chi connectivity index (χ3n) is 5.77. The molecule has 0 spiro atoms. The molecule has 0 radical (unpaired) electrons. The molecule has 0 aliphatic carbocycles. The van der Waals surface area contributed by atoms with Crippen LogP contribution in [0.3, 0.4) is 0 Å². The number of anilines is 1. The van der Waals surface area contributed by atoms with Gasteiger partial charge in [0, 0.05) is 35.6 Å². The predicted octanol–water partition coefficient (Wildman–Crippen LogP) is 4.57. The number of hydrogen-bond donors (Lipinski definition) is 1. The van der Waals surface area contributed by atoms with Gasteiger partial charge in [0.1, 0.15) is 13.2 Å². The minimum absolute atomic E-state index is 0.253. The molecule has 2 aromatic carbocycles. The zero-order valence-electron chi connectivity index (χ0n) is 18.7. The highest BCUT2D eigenvalue weighted by Gasteiger charge is 2.17. The van der Waals surface area contributed by atoms with E-state index in [0.29, 0.717) is 48.3 Å². The molecule has 0 saturated heterocycles. The average molecular weight is 463 g/mol. The fourth-order valence-corrected chi connectivity index (χ4v) is 4.09. The zero-order chi connectivity index (χ0) is 23.6. The molecule has 8 heteroatoms. The summed E-state index contributed by atoms with van der Waals surface area (Å²) in [4.78, 5) is 22.2. The van der Waals surface area contributed by atoms with Crippen molar-refractivity contribution in [1.29, 1.82) is 0 Å². The van der Waals surface area contributed by atoms with Crippen molar-refractivity contribution in [3.63, 3.8) is 0 Å². The first-order valence-corrected chi connectivity index (χ1v) is 11.3. The number of para-hydroxylation sites is 1. The van der Waals surface area contributed by atoms with Gasteiger partial charge in [-0.25, -0.2) is 4.98 Å². The van der Waals surface area contributed by atoms with E-state index in [1.165, 1.54) is 0 Å². The second-order valence-corrected chi connectivity index (χ2v) is 8.14. The number of hydrogen-bond acceptors (Lipinski definition) is 6. The molecule has 0 fully saturated rings. The molecule has 0 bridgehead atoms. The monoisotopic (exact) mass is 463 g/mol. The molecule has 1 amide bonds. The van der Waals surface area contributed by atoms with Crippen LogP contribution in [-0.4, -0.2) is 38.9 Å². The Bertz CT molecular complexity index is 1530. The van der Waals surface area contributed by atoms with Crippen LogP contribution in [0.15, 0.2) is 85.3 Å². The third kappa shape index (κ3) is 4.29. The van der Waals surface area contributed by atoms with E-state index in [1.54, 1.807) is 29.2 Å². The van der Waals surface area contributed by atoms with Crippen molar-refractivity contribution in [3.05, 3.63) is 96.4 Å². The highest BCUT2D eigenvalue weighted by molar-refractivity contribution is 6.12. The Morgan fingerprint density at radius 3 is 2.66 bits per heavy atom. The van der Waals surface area contributed by atoms with Crippen molar-refractivity contribution >= 4 is 22.6 Å². The lowest BCUT2D eigenvalue weighted by molar-refractivity contribution is 0.102. The summed E-state index contributed by atoms with van der Waals surface area (Å²) in [6, 6.07) is 20.7. The second-order valence-electron chi connectivity index (χ2n) is 8.14. The lowest BCUT2D eigenvalue weighted by Gasteiger charge is -2.19. The number of aromatic nitrogens is 4. The quantitative estimate of drug-likeness (QED) is 0.411. The van der Waals surface area contributed by atoms with Crippen molar-refractivity contribution in [2.75, 3.05) is 18.5 Å². The fourth-order valence-electron chi connectivity index (χ4n) is 4.09. The van der Waals surface area contributed by atoms with E-state index >= 15 is 0 Å². The summed E-state index contributed by atoms with van der Waals surface area (Å²) in [6.45, 7) is 1.62. The molecule has 0 atom stereocenters. The molecule has 172 valence electrons. The summed E-state index contributed by atoms with van der Waals surface area (Å²) >= 11 is 0. The Hall–Kier alpha value is -4.72. The maximum atomic E-state index is 13.4. The molecular weight excluding hydrogens is 442 g/mol. The molecule has 0 unspecified atom stereocenters. The number of benzene rings is 2. The number of nitrogens with one attached hydrogen (secondary N) is 1. The number of carbonyl (C=O) groups is 1. The Balaban J connectivity index is 1.31. The number of carbonyl (C=O) groups excluding carboxylic acids is 1. The van der Waals surface area contributed by atoms with Crippen LogP contribution in [-0.2, 0) is 6.54 Å². The van der Waals surface area contributed by atoms with Gasteiger partial charge in [0.05, 0.1) is 23.3 Å². The standard InChI is InChI=1S/C27H21N5O3/c33-27(30-26-9-12-32(31-26)17-18-7-10-28-11-8-18)21-16-23(29-22-4-2-1-3-20(21)22)19-5-6-24-25(15-19)35-14-13-34-24/h1-12,15-16H,13-14,17H2,(H,30,31,33). The Morgan fingerprint density at radius 2 is 1.77 bits per heavy atom. The highest BCUT2D eigenvalue weighted by atomic mass is 16.6. The summed E-state index contributed by atoms with van der Waals surface area (Å²) in [7, 11) is 0. The van der Waals surface area contributed by atoms with Gasteiger partial charge in [0.15, 0.2) is 17.3 Å². The van der Waals surface area contributed by atoms with Gasteiger partial charge in [0.25, 0.3) is 5.91 Å². The predicted molar refractivity (Wildman–Crippen MR) is 132 cm³/mol. The number of amides is 1. The van der Waals surface area contributed by atoms with Crippen LogP contribution in [0.25, 0.3) is 22.2 Å². The van der Waals surface area contributed by atoms with Gasteiger partial charge in [0.2, 0.25) is 0 Å². The van der Waals surface area contributed by atoms with Gasteiger partial charge < -0.3 is 14.8 Å². The first-order chi connectivity index (χ1) is 17.2. The number of fused-ring (bicyclic) bond motifs is 2. The summed E-state index contributed by atoms with van der Waals surface area (Å²) in [5.41, 5.74) is 3.84. The second kappa shape index (κ2) is 8.90. The van der Waals surface area contributed by atoms with Crippen molar-refractivity contribution in [1.82, 2.24) is 19.7 Å². The van der Waals surface area contributed by atoms with Crippen molar-refractivity contribution in [2.45, 2.75) is 6.54 Å². The maximum absolute atomic E-state index is 13.4. The van der Waals surface area contributed by atoms with E-state index in [-0.39, 0.29) is 5.91 Å². The summed E-state index contributed by atoms with van der Waals surface area (Å²) < 4.78 is 13.1. The zero-order valence-corrected chi connectivity index (χ0v) is 18.7. The van der Waals surface area contributed by atoms with E-state index in [2.05, 4.69) is 15.4 Å². The molecule has 1 N–H and O–H groups in total. The first kappa shape index (κ1) is 20.9. The molecule has 1 aliphatic rings. The maximum Gasteiger partial charge on any atom is 0.257 e. The Morgan fingerprint density at radius 1 is 0.943 bits per heavy atom. The van der Waals surface area contributed by atoms with E-state index < -0.39 is 0 Å². The first-order valence-electron chi connectivity index (χ1n) is 11.3.